The molecule has 0 aliphatic carbocycles. The maximum absolute atomic E-state index is 8.64. The molecule has 6 heteroatoms. The van der Waals surface area contributed by atoms with E-state index in [4.69, 9.17) is 15.3 Å². The number of aryl methyl sites for hydroxylation is 2. The Hall–Kier alpha value is -3.25. The number of nitrogens with one attached hydrogen (secondary N) is 1. The van der Waals surface area contributed by atoms with Gasteiger partial charge in [0.1, 0.15) is 30.1 Å². The van der Waals surface area contributed by atoms with Crippen molar-refractivity contribution in [2.75, 3.05) is 5.32 Å². The summed E-state index contributed by atoms with van der Waals surface area (Å²) >= 11 is 0. The molecule has 2 rings (SSSR count). The number of anilines is 1. The van der Waals surface area contributed by atoms with E-state index >= 15 is 0 Å². The molecule has 0 bridgehead atoms. The van der Waals surface area contributed by atoms with Crippen LogP contribution in [0.1, 0.15) is 11.3 Å². The van der Waals surface area contributed by atoms with Crippen LogP contribution in [0.15, 0.2) is 42.2 Å². The molecule has 1 heterocycles. The molecule has 6 nitrogen and oxygen atoms in total. The van der Waals surface area contributed by atoms with Crippen LogP contribution in [0.3, 0.4) is 0 Å². The predicted molar refractivity (Wildman–Crippen MR) is 81.7 cm³/mol. The molecule has 0 radical (unpaired) electrons. The molecule has 0 aliphatic rings. The van der Waals surface area contributed by atoms with E-state index in [1.807, 2.05) is 44.4 Å². The summed E-state index contributed by atoms with van der Waals surface area (Å²) in [5, 5.41) is 24.4. The summed E-state index contributed by atoms with van der Waals surface area (Å²) in [6.45, 7) is 2.40. The molecular formula is C16H15N5O. The lowest BCUT2D eigenvalue weighted by Gasteiger charge is -2.06. The van der Waals surface area contributed by atoms with Gasteiger partial charge in [-0.05, 0) is 31.2 Å². The number of nitrogens with zero attached hydrogens (tertiary/aromatic N) is 4. The summed E-state index contributed by atoms with van der Waals surface area (Å²) in [6, 6.07) is 10.8. The van der Waals surface area contributed by atoms with Crippen molar-refractivity contribution in [3.05, 3.63) is 53.5 Å². The molecule has 0 atom stereocenters. The van der Waals surface area contributed by atoms with Gasteiger partial charge in [0.05, 0.1) is 5.69 Å². The minimum atomic E-state index is 0.0207. The van der Waals surface area contributed by atoms with Crippen molar-refractivity contribution in [2.24, 2.45) is 7.05 Å². The van der Waals surface area contributed by atoms with E-state index in [0.717, 1.165) is 22.7 Å². The van der Waals surface area contributed by atoms with Crippen molar-refractivity contribution in [1.82, 2.24) is 9.78 Å². The molecule has 1 N–H and O–H groups in total. The van der Waals surface area contributed by atoms with Gasteiger partial charge < -0.3 is 10.1 Å². The van der Waals surface area contributed by atoms with Crippen molar-refractivity contribution in [3.63, 3.8) is 0 Å². The number of rotatable bonds is 5. The third kappa shape index (κ3) is 3.87. The lowest BCUT2D eigenvalue weighted by atomic mass is 10.2. The van der Waals surface area contributed by atoms with E-state index < -0.39 is 0 Å². The second-order valence-electron chi connectivity index (χ2n) is 4.65. The minimum Gasteiger partial charge on any atom is -0.489 e. The zero-order valence-corrected chi connectivity index (χ0v) is 12.4. The van der Waals surface area contributed by atoms with Gasteiger partial charge in [0.25, 0.3) is 0 Å². The molecular weight excluding hydrogens is 278 g/mol. The highest BCUT2D eigenvalue weighted by Crippen LogP contribution is 2.18. The Morgan fingerprint density at radius 2 is 2.00 bits per heavy atom. The van der Waals surface area contributed by atoms with Crippen LogP contribution in [0.25, 0.3) is 0 Å². The molecule has 0 unspecified atom stereocenters. The topological polar surface area (TPSA) is 86.7 Å². The lowest BCUT2D eigenvalue weighted by Crippen LogP contribution is -1.96. The minimum absolute atomic E-state index is 0.0207. The molecule has 22 heavy (non-hydrogen) atoms. The van der Waals surface area contributed by atoms with Crippen molar-refractivity contribution < 1.29 is 4.74 Å². The average molecular weight is 293 g/mol. The Bertz CT molecular complexity index is 743. The van der Waals surface area contributed by atoms with Crippen LogP contribution < -0.4 is 10.1 Å². The molecule has 0 amide bonds. The first-order valence-electron chi connectivity index (χ1n) is 6.61. The fraction of sp³-hybridized carbons (Fsp3) is 0.188. The zero-order valence-electron chi connectivity index (χ0n) is 12.4. The molecule has 2 aromatic rings. The van der Waals surface area contributed by atoms with Crippen LogP contribution in [0.4, 0.5) is 5.69 Å². The molecule has 0 fully saturated rings. The van der Waals surface area contributed by atoms with E-state index in [0.29, 0.717) is 6.61 Å². The van der Waals surface area contributed by atoms with E-state index in [-0.39, 0.29) is 5.57 Å². The fourth-order valence-electron chi connectivity index (χ4n) is 1.84. The Labute approximate surface area is 128 Å². The Morgan fingerprint density at radius 1 is 1.32 bits per heavy atom. The summed E-state index contributed by atoms with van der Waals surface area (Å²) in [6.07, 6.45) is 3.30. The number of benzene rings is 1. The van der Waals surface area contributed by atoms with Crippen LogP contribution in [0.2, 0.25) is 0 Å². The fourth-order valence-corrected chi connectivity index (χ4v) is 1.84. The summed E-state index contributed by atoms with van der Waals surface area (Å²) < 4.78 is 7.47. The maximum Gasteiger partial charge on any atom is 0.145 e. The van der Waals surface area contributed by atoms with Gasteiger partial charge in [0.2, 0.25) is 0 Å². The number of allylic oxidation sites excluding steroid dienone is 1. The van der Waals surface area contributed by atoms with Gasteiger partial charge in [-0.3, -0.25) is 4.68 Å². The molecule has 110 valence electrons. The van der Waals surface area contributed by atoms with Gasteiger partial charge in [0, 0.05) is 30.7 Å². The third-order valence-electron chi connectivity index (χ3n) is 2.99. The monoisotopic (exact) mass is 293 g/mol. The number of nitriles is 2. The normalized spacial score (nSPS) is 9.45. The van der Waals surface area contributed by atoms with Gasteiger partial charge in [-0.1, -0.05) is 0 Å². The van der Waals surface area contributed by atoms with Crippen molar-refractivity contribution in [3.8, 4) is 17.9 Å². The van der Waals surface area contributed by atoms with Crippen LogP contribution >= 0.6 is 0 Å². The SMILES string of the molecule is Cc1nn(C)cc1COc1ccc(NC=C(C#N)C#N)cc1. The number of hydrogen-bond acceptors (Lipinski definition) is 5. The Morgan fingerprint density at radius 3 is 2.55 bits per heavy atom. The van der Waals surface area contributed by atoms with Gasteiger partial charge in [-0.15, -0.1) is 0 Å². The van der Waals surface area contributed by atoms with Gasteiger partial charge in [-0.25, -0.2) is 0 Å². The van der Waals surface area contributed by atoms with Crippen molar-refractivity contribution in [1.29, 1.82) is 10.5 Å². The summed E-state index contributed by atoms with van der Waals surface area (Å²) in [7, 11) is 1.88. The quantitative estimate of drug-likeness (QED) is 0.856. The first kappa shape index (κ1) is 15.1. The average Bonchev–Trinajstić information content (AvgIpc) is 2.85. The molecule has 1 aromatic heterocycles. The molecule has 0 saturated heterocycles. The highest BCUT2D eigenvalue weighted by atomic mass is 16.5. The summed E-state index contributed by atoms with van der Waals surface area (Å²) in [5.41, 5.74) is 2.78. The van der Waals surface area contributed by atoms with Gasteiger partial charge in [0.15, 0.2) is 0 Å². The lowest BCUT2D eigenvalue weighted by molar-refractivity contribution is 0.305. The molecule has 0 aliphatic heterocycles. The maximum atomic E-state index is 8.64. The van der Waals surface area contributed by atoms with Crippen molar-refractivity contribution >= 4 is 5.69 Å². The first-order valence-corrected chi connectivity index (χ1v) is 6.61. The first-order chi connectivity index (χ1) is 10.6. The zero-order chi connectivity index (χ0) is 15.9. The largest absolute Gasteiger partial charge is 0.489 e. The highest BCUT2D eigenvalue weighted by Gasteiger charge is 2.04. The van der Waals surface area contributed by atoms with E-state index in [2.05, 4.69) is 10.4 Å². The number of aromatic nitrogens is 2. The van der Waals surface area contributed by atoms with Crippen LogP contribution in [0, 0.1) is 29.6 Å². The molecule has 1 aromatic carbocycles. The molecule has 0 spiro atoms. The van der Waals surface area contributed by atoms with E-state index in [9.17, 15) is 0 Å². The van der Waals surface area contributed by atoms with Gasteiger partial charge >= 0.3 is 0 Å². The standard InChI is InChI=1S/C16H15N5O/c1-12-14(10-21(2)20-12)11-22-16-5-3-15(4-6-16)19-9-13(7-17)8-18/h3-6,9-10,19H,11H2,1-2H3. The smallest absolute Gasteiger partial charge is 0.145 e. The molecule has 0 saturated carbocycles. The predicted octanol–water partition coefficient (Wildman–Crippen LogP) is 2.65. The van der Waals surface area contributed by atoms with Crippen molar-refractivity contribution in [2.45, 2.75) is 13.5 Å². The highest BCUT2D eigenvalue weighted by molar-refractivity contribution is 5.51. The van der Waals surface area contributed by atoms with Gasteiger partial charge in [-0.2, -0.15) is 15.6 Å². The second kappa shape index (κ2) is 6.96. The van der Waals surface area contributed by atoms with Crippen LogP contribution in [0.5, 0.6) is 5.75 Å². The van der Waals surface area contributed by atoms with E-state index in [1.165, 1.54) is 6.20 Å². The van der Waals surface area contributed by atoms with Crippen LogP contribution in [-0.2, 0) is 13.7 Å². The summed E-state index contributed by atoms with van der Waals surface area (Å²) in [5.74, 6) is 0.735. The second-order valence-corrected chi connectivity index (χ2v) is 4.65. The summed E-state index contributed by atoms with van der Waals surface area (Å²) in [4.78, 5) is 0. The Balaban J connectivity index is 1.95. The van der Waals surface area contributed by atoms with Crippen LogP contribution in [-0.4, -0.2) is 9.78 Å². The Kier molecular flexibility index (Phi) is 4.79. The number of hydrogen-bond donors (Lipinski definition) is 1. The number of ether oxygens (including phenoxy) is 1. The third-order valence-corrected chi connectivity index (χ3v) is 2.99. The van der Waals surface area contributed by atoms with E-state index in [1.54, 1.807) is 16.8 Å².